The van der Waals surface area contributed by atoms with Crippen molar-refractivity contribution in [3.63, 3.8) is 0 Å². The normalized spacial score (nSPS) is 20.3. The van der Waals surface area contributed by atoms with Crippen molar-refractivity contribution in [1.29, 1.82) is 0 Å². The van der Waals surface area contributed by atoms with Crippen molar-refractivity contribution in [3.05, 3.63) is 22.2 Å². The number of benzene rings is 1. The van der Waals surface area contributed by atoms with Crippen molar-refractivity contribution >= 4 is 28.1 Å². The van der Waals surface area contributed by atoms with Crippen LogP contribution in [0.25, 0.3) is 0 Å². The summed E-state index contributed by atoms with van der Waals surface area (Å²) in [6, 6.07) is 2.35. The highest BCUT2D eigenvalue weighted by molar-refractivity contribution is 7.89. The fourth-order valence-corrected chi connectivity index (χ4v) is 4.96. The van der Waals surface area contributed by atoms with Crippen LogP contribution in [0, 0.1) is 16.0 Å². The molecule has 1 N–H and O–H groups in total. The van der Waals surface area contributed by atoms with E-state index in [0.717, 1.165) is 18.9 Å². The lowest BCUT2D eigenvalue weighted by Gasteiger charge is -2.32. The molecular formula is C15H22ClN3O6S. The van der Waals surface area contributed by atoms with Gasteiger partial charge < -0.3 is 14.8 Å². The molecule has 0 aromatic heterocycles. The zero-order chi connectivity index (χ0) is 18.0. The third kappa shape index (κ3) is 4.03. The number of hydrogen-bond donors (Lipinski definition) is 1. The van der Waals surface area contributed by atoms with Gasteiger partial charge >= 0.3 is 0 Å². The second-order valence-electron chi connectivity index (χ2n) is 6.15. The molecule has 0 bridgehead atoms. The summed E-state index contributed by atoms with van der Waals surface area (Å²) in [5.41, 5.74) is -0.486. The number of nitro groups is 1. The molecule has 11 heteroatoms. The maximum atomic E-state index is 13.1. The van der Waals surface area contributed by atoms with Crippen LogP contribution in [0.4, 0.5) is 5.69 Å². The minimum atomic E-state index is -3.99. The van der Waals surface area contributed by atoms with Crippen LogP contribution in [-0.4, -0.2) is 57.5 Å². The molecule has 1 aromatic carbocycles. The molecule has 1 fully saturated rings. The van der Waals surface area contributed by atoms with E-state index in [0.29, 0.717) is 19.6 Å². The van der Waals surface area contributed by atoms with Crippen LogP contribution >= 0.6 is 12.4 Å². The number of rotatable bonds is 5. The van der Waals surface area contributed by atoms with E-state index in [1.54, 1.807) is 0 Å². The van der Waals surface area contributed by atoms with Gasteiger partial charge in [0.2, 0.25) is 10.0 Å². The van der Waals surface area contributed by atoms with Crippen molar-refractivity contribution in [2.24, 2.45) is 5.92 Å². The third-order valence-corrected chi connectivity index (χ3v) is 6.31. The Labute approximate surface area is 158 Å². The summed E-state index contributed by atoms with van der Waals surface area (Å²) in [7, 11) is -2.18. The molecule has 2 heterocycles. The predicted molar refractivity (Wildman–Crippen MR) is 96.7 cm³/mol. The maximum absolute atomic E-state index is 13.1. The number of halogens is 1. The van der Waals surface area contributed by atoms with E-state index < -0.39 is 20.6 Å². The number of fused-ring (bicyclic) bond motifs is 1. The molecule has 9 nitrogen and oxygen atoms in total. The Kier molecular flexibility index (Phi) is 6.67. The number of nitro benzene ring substituents is 1. The van der Waals surface area contributed by atoms with Crippen molar-refractivity contribution in [2.45, 2.75) is 17.7 Å². The summed E-state index contributed by atoms with van der Waals surface area (Å²) >= 11 is 0. The average molecular weight is 408 g/mol. The zero-order valence-corrected chi connectivity index (χ0v) is 16.0. The summed E-state index contributed by atoms with van der Waals surface area (Å²) in [6.07, 6.45) is 1.65. The number of nitrogens with one attached hydrogen (secondary N) is 1. The molecule has 1 aromatic rings. The zero-order valence-electron chi connectivity index (χ0n) is 14.3. The molecule has 0 saturated carbocycles. The van der Waals surface area contributed by atoms with E-state index in [2.05, 4.69) is 5.32 Å². The molecule has 26 heavy (non-hydrogen) atoms. The van der Waals surface area contributed by atoms with E-state index >= 15 is 0 Å². The third-order valence-electron chi connectivity index (χ3n) is 4.41. The topological polar surface area (TPSA) is 111 Å². The summed E-state index contributed by atoms with van der Waals surface area (Å²) in [4.78, 5) is 10.4. The van der Waals surface area contributed by atoms with Crippen molar-refractivity contribution < 1.29 is 22.8 Å². The monoisotopic (exact) mass is 407 g/mol. The first-order valence-electron chi connectivity index (χ1n) is 8.16. The summed E-state index contributed by atoms with van der Waals surface area (Å²) in [6.45, 7) is 1.95. The smallest absolute Gasteiger partial charge is 0.293 e. The van der Waals surface area contributed by atoms with E-state index in [1.165, 1.54) is 10.4 Å². The summed E-state index contributed by atoms with van der Waals surface area (Å²) in [5, 5.41) is 14.5. The number of hydrogen-bond acceptors (Lipinski definition) is 7. The predicted octanol–water partition coefficient (Wildman–Crippen LogP) is 1.41. The Balaban J connectivity index is 0.00000243. The molecule has 1 unspecified atom stereocenters. The molecule has 0 amide bonds. The summed E-state index contributed by atoms with van der Waals surface area (Å²) < 4.78 is 38.2. The Morgan fingerprint density at radius 1 is 1.31 bits per heavy atom. The molecule has 3 rings (SSSR count). The Bertz CT molecular complexity index is 771. The minimum Gasteiger partial charge on any atom is -0.486 e. The van der Waals surface area contributed by atoms with Crippen molar-refractivity contribution in [1.82, 2.24) is 9.62 Å². The lowest BCUT2D eigenvalue weighted by atomic mass is 10.00. The highest BCUT2D eigenvalue weighted by Crippen LogP contribution is 2.40. The van der Waals surface area contributed by atoms with Crippen LogP contribution in [0.1, 0.15) is 12.8 Å². The van der Waals surface area contributed by atoms with Gasteiger partial charge in [0, 0.05) is 19.2 Å². The molecule has 0 spiro atoms. The van der Waals surface area contributed by atoms with Gasteiger partial charge in [0.15, 0.2) is 16.4 Å². The van der Waals surface area contributed by atoms with Gasteiger partial charge in [0.25, 0.3) is 5.69 Å². The van der Waals surface area contributed by atoms with Crippen LogP contribution in [0.5, 0.6) is 11.5 Å². The Morgan fingerprint density at radius 3 is 2.58 bits per heavy atom. The first-order valence-corrected chi connectivity index (χ1v) is 9.60. The second kappa shape index (κ2) is 8.38. The lowest BCUT2D eigenvalue weighted by molar-refractivity contribution is -0.388. The fourth-order valence-electron chi connectivity index (χ4n) is 3.25. The van der Waals surface area contributed by atoms with Crippen LogP contribution in [0.15, 0.2) is 17.0 Å². The molecule has 2 aliphatic heterocycles. The van der Waals surface area contributed by atoms with Gasteiger partial charge in [-0.15, -0.1) is 12.4 Å². The van der Waals surface area contributed by atoms with Gasteiger partial charge in [-0.3, -0.25) is 10.1 Å². The first kappa shape index (κ1) is 20.7. The molecule has 0 aliphatic carbocycles. The number of nitrogens with zero attached hydrogens (tertiary/aromatic N) is 2. The van der Waals surface area contributed by atoms with Crippen LogP contribution in [-0.2, 0) is 10.0 Å². The SMILES string of the molecule is CNCC1CCCN(S(=O)(=O)c2cc3c(cc2[N+](=O)[O-])OCCO3)C1.Cl. The van der Waals surface area contributed by atoms with Gasteiger partial charge in [-0.05, 0) is 32.4 Å². The molecule has 0 radical (unpaired) electrons. The van der Waals surface area contributed by atoms with E-state index in [-0.39, 0.29) is 47.9 Å². The quantitative estimate of drug-likeness (QED) is 0.580. The van der Waals surface area contributed by atoms with Gasteiger partial charge in [-0.25, -0.2) is 8.42 Å². The molecule has 1 saturated heterocycles. The van der Waals surface area contributed by atoms with Gasteiger partial charge in [0.05, 0.1) is 11.0 Å². The fraction of sp³-hybridized carbons (Fsp3) is 0.600. The number of ether oxygens (including phenoxy) is 2. The molecular weight excluding hydrogens is 386 g/mol. The molecule has 146 valence electrons. The highest BCUT2D eigenvalue weighted by Gasteiger charge is 2.36. The lowest BCUT2D eigenvalue weighted by Crippen LogP contribution is -2.42. The Morgan fingerprint density at radius 2 is 1.96 bits per heavy atom. The Hall–Kier alpha value is -1.62. The van der Waals surface area contributed by atoms with Gasteiger partial charge in [0.1, 0.15) is 13.2 Å². The second-order valence-corrected chi connectivity index (χ2v) is 8.06. The molecule has 1 atom stereocenters. The standard InChI is InChI=1S/C15H21N3O6S.ClH/c1-16-9-11-3-2-4-17(10-11)25(21,22)15-8-14-13(23-5-6-24-14)7-12(15)18(19)20;/h7-8,11,16H,2-6,9-10H2,1H3;1H. The molecule has 2 aliphatic rings. The largest absolute Gasteiger partial charge is 0.486 e. The van der Waals surface area contributed by atoms with Gasteiger partial charge in [-0.2, -0.15) is 4.31 Å². The van der Waals surface area contributed by atoms with Crippen molar-refractivity contribution in [2.75, 3.05) is 39.9 Å². The number of piperidine rings is 1. The number of sulfonamides is 1. The van der Waals surface area contributed by atoms with E-state index in [1.807, 2.05) is 7.05 Å². The first-order chi connectivity index (χ1) is 11.9. The van der Waals surface area contributed by atoms with Crippen molar-refractivity contribution in [3.8, 4) is 11.5 Å². The maximum Gasteiger partial charge on any atom is 0.293 e. The highest BCUT2D eigenvalue weighted by atomic mass is 35.5. The van der Waals surface area contributed by atoms with Crippen LogP contribution in [0.3, 0.4) is 0 Å². The van der Waals surface area contributed by atoms with Crippen LogP contribution < -0.4 is 14.8 Å². The average Bonchev–Trinajstić information content (AvgIpc) is 2.61. The van der Waals surface area contributed by atoms with Gasteiger partial charge in [-0.1, -0.05) is 0 Å². The van der Waals surface area contributed by atoms with E-state index in [9.17, 15) is 18.5 Å². The summed E-state index contributed by atoms with van der Waals surface area (Å²) in [5.74, 6) is 0.604. The van der Waals surface area contributed by atoms with Crippen LogP contribution in [0.2, 0.25) is 0 Å². The van der Waals surface area contributed by atoms with E-state index in [4.69, 9.17) is 9.47 Å². The minimum absolute atomic E-state index is 0.